The predicted octanol–water partition coefficient (Wildman–Crippen LogP) is 1.91. The molecule has 1 aromatic carbocycles. The lowest BCUT2D eigenvalue weighted by atomic mass is 10.3. The molecule has 0 spiro atoms. The van der Waals surface area contributed by atoms with Gasteiger partial charge in [-0.25, -0.2) is 9.97 Å². The molecule has 2 N–H and O–H groups in total. The molecule has 0 saturated heterocycles. The van der Waals surface area contributed by atoms with Crippen LogP contribution in [0.25, 0.3) is 0 Å². The number of nitrogens with zero attached hydrogens (tertiary/aromatic N) is 3. The fraction of sp³-hybridized carbons (Fsp3) is 0.353. The number of rotatable bonds is 8. The van der Waals surface area contributed by atoms with Gasteiger partial charge in [-0.2, -0.15) is 0 Å². The lowest BCUT2D eigenvalue weighted by Gasteiger charge is -2.10. The molecule has 0 aliphatic carbocycles. The summed E-state index contributed by atoms with van der Waals surface area (Å²) in [7, 11) is 5.63. The first-order valence-corrected chi connectivity index (χ1v) is 7.74. The Kier molecular flexibility index (Phi) is 6.51. The zero-order chi connectivity index (χ0) is 17.4. The Morgan fingerprint density at radius 1 is 1.21 bits per heavy atom. The van der Waals surface area contributed by atoms with Crippen molar-refractivity contribution in [2.45, 2.75) is 6.42 Å². The fourth-order valence-electron chi connectivity index (χ4n) is 2.06. The van der Waals surface area contributed by atoms with Crippen LogP contribution in [0.3, 0.4) is 0 Å². The normalized spacial score (nSPS) is 10.5. The van der Waals surface area contributed by atoms with Crippen LogP contribution in [-0.4, -0.2) is 55.1 Å². The van der Waals surface area contributed by atoms with Gasteiger partial charge in [0.2, 0.25) is 0 Å². The third kappa shape index (κ3) is 5.51. The van der Waals surface area contributed by atoms with Crippen LogP contribution < -0.4 is 15.4 Å². The Morgan fingerprint density at radius 2 is 1.96 bits per heavy atom. The van der Waals surface area contributed by atoms with Crippen LogP contribution in [-0.2, 0) is 0 Å². The van der Waals surface area contributed by atoms with E-state index in [1.165, 1.54) is 6.33 Å². The maximum Gasteiger partial charge on any atom is 0.270 e. The van der Waals surface area contributed by atoms with Gasteiger partial charge in [-0.15, -0.1) is 0 Å². The van der Waals surface area contributed by atoms with E-state index in [1.54, 1.807) is 13.2 Å². The van der Waals surface area contributed by atoms with E-state index in [-0.39, 0.29) is 5.91 Å². The summed E-state index contributed by atoms with van der Waals surface area (Å²) in [4.78, 5) is 22.4. The first kappa shape index (κ1) is 17.7. The second-order valence-electron chi connectivity index (χ2n) is 5.55. The van der Waals surface area contributed by atoms with Crippen molar-refractivity contribution >= 4 is 17.4 Å². The van der Waals surface area contributed by atoms with E-state index >= 15 is 0 Å². The van der Waals surface area contributed by atoms with Gasteiger partial charge in [0.1, 0.15) is 23.6 Å². The second-order valence-corrected chi connectivity index (χ2v) is 5.55. The minimum Gasteiger partial charge on any atom is -0.497 e. The highest BCUT2D eigenvalue weighted by Gasteiger charge is 2.08. The first-order chi connectivity index (χ1) is 11.6. The fourth-order valence-corrected chi connectivity index (χ4v) is 2.06. The Labute approximate surface area is 142 Å². The van der Waals surface area contributed by atoms with Crippen molar-refractivity contribution in [1.29, 1.82) is 0 Å². The minimum absolute atomic E-state index is 0.200. The topological polar surface area (TPSA) is 79.4 Å². The third-order valence-corrected chi connectivity index (χ3v) is 3.33. The molecule has 0 bridgehead atoms. The second kappa shape index (κ2) is 8.83. The van der Waals surface area contributed by atoms with Gasteiger partial charge < -0.3 is 20.3 Å². The Bertz CT molecular complexity index is 658. The molecule has 1 heterocycles. The van der Waals surface area contributed by atoms with Gasteiger partial charge in [-0.3, -0.25) is 4.79 Å². The molecule has 0 aliphatic heterocycles. The molecule has 0 aliphatic rings. The molecule has 0 atom stereocenters. The molecular weight excluding hydrogens is 306 g/mol. The monoisotopic (exact) mass is 329 g/mol. The zero-order valence-electron chi connectivity index (χ0n) is 14.2. The summed E-state index contributed by atoms with van der Waals surface area (Å²) >= 11 is 0. The highest BCUT2D eigenvalue weighted by molar-refractivity contribution is 5.92. The van der Waals surface area contributed by atoms with Gasteiger partial charge in [-0.05, 0) is 51.3 Å². The van der Waals surface area contributed by atoms with E-state index in [4.69, 9.17) is 4.74 Å². The lowest BCUT2D eigenvalue weighted by Crippen LogP contribution is -2.27. The van der Waals surface area contributed by atoms with Crippen molar-refractivity contribution < 1.29 is 9.53 Å². The number of benzene rings is 1. The smallest absolute Gasteiger partial charge is 0.270 e. The molecule has 0 fully saturated rings. The van der Waals surface area contributed by atoms with Crippen molar-refractivity contribution in [3.63, 3.8) is 0 Å². The zero-order valence-corrected chi connectivity index (χ0v) is 14.2. The summed E-state index contributed by atoms with van der Waals surface area (Å²) in [6.07, 6.45) is 2.27. The third-order valence-electron chi connectivity index (χ3n) is 3.33. The highest BCUT2D eigenvalue weighted by atomic mass is 16.5. The maximum atomic E-state index is 12.1. The van der Waals surface area contributed by atoms with Crippen LogP contribution in [0.2, 0.25) is 0 Å². The van der Waals surface area contributed by atoms with Crippen molar-refractivity contribution in [1.82, 2.24) is 20.2 Å². The summed E-state index contributed by atoms with van der Waals surface area (Å²) in [5, 5.41) is 6.00. The Balaban J connectivity index is 1.93. The van der Waals surface area contributed by atoms with Crippen molar-refractivity contribution in [2.75, 3.05) is 39.6 Å². The number of methoxy groups -OCH3 is 1. The number of anilines is 2. The molecule has 24 heavy (non-hydrogen) atoms. The summed E-state index contributed by atoms with van der Waals surface area (Å²) in [5.74, 6) is 1.14. The summed E-state index contributed by atoms with van der Waals surface area (Å²) < 4.78 is 5.12. The van der Waals surface area contributed by atoms with Crippen molar-refractivity contribution in [2.24, 2.45) is 0 Å². The molecule has 0 unspecified atom stereocenters. The molecular formula is C17H23N5O2. The SMILES string of the molecule is COc1ccc(Nc2cc(C(=O)NCCCN(C)C)ncn2)cc1. The number of carbonyl (C=O) groups is 1. The molecule has 0 saturated carbocycles. The molecule has 0 radical (unpaired) electrons. The number of carbonyl (C=O) groups excluding carboxylic acids is 1. The van der Waals surface area contributed by atoms with Crippen molar-refractivity contribution in [3.8, 4) is 5.75 Å². The van der Waals surface area contributed by atoms with Crippen molar-refractivity contribution in [3.05, 3.63) is 42.4 Å². The molecule has 7 heteroatoms. The van der Waals surface area contributed by atoms with Gasteiger partial charge in [0, 0.05) is 18.3 Å². The van der Waals surface area contributed by atoms with Gasteiger partial charge >= 0.3 is 0 Å². The van der Waals surface area contributed by atoms with Crippen LogP contribution in [0, 0.1) is 0 Å². The molecule has 128 valence electrons. The molecule has 1 amide bonds. The van der Waals surface area contributed by atoms with E-state index in [0.717, 1.165) is 24.4 Å². The van der Waals surface area contributed by atoms with E-state index in [1.807, 2.05) is 38.4 Å². The van der Waals surface area contributed by atoms with E-state index in [9.17, 15) is 4.79 Å². The standard InChI is InChI=1S/C17H23N5O2/c1-22(2)10-4-9-18-17(23)15-11-16(20-12-19-15)21-13-5-7-14(24-3)8-6-13/h5-8,11-12H,4,9-10H2,1-3H3,(H,18,23)(H,19,20,21). The highest BCUT2D eigenvalue weighted by Crippen LogP contribution is 2.18. The first-order valence-electron chi connectivity index (χ1n) is 7.74. The van der Waals surface area contributed by atoms with E-state index < -0.39 is 0 Å². The average molecular weight is 329 g/mol. The van der Waals surface area contributed by atoms with Gasteiger partial charge in [0.15, 0.2) is 0 Å². The minimum atomic E-state index is -0.200. The quantitative estimate of drug-likeness (QED) is 0.720. The summed E-state index contributed by atoms with van der Waals surface area (Å²) in [6, 6.07) is 9.08. The summed E-state index contributed by atoms with van der Waals surface area (Å²) in [5.41, 5.74) is 1.19. The van der Waals surface area contributed by atoms with Crippen LogP contribution >= 0.6 is 0 Å². The van der Waals surface area contributed by atoms with Crippen LogP contribution in [0.1, 0.15) is 16.9 Å². The van der Waals surface area contributed by atoms with Crippen LogP contribution in [0.4, 0.5) is 11.5 Å². The number of nitrogens with one attached hydrogen (secondary N) is 2. The molecule has 7 nitrogen and oxygen atoms in total. The summed E-state index contributed by atoms with van der Waals surface area (Å²) in [6.45, 7) is 1.54. The molecule has 2 aromatic rings. The Morgan fingerprint density at radius 3 is 2.62 bits per heavy atom. The number of ether oxygens (including phenoxy) is 1. The van der Waals surface area contributed by atoms with E-state index in [0.29, 0.717) is 18.1 Å². The largest absolute Gasteiger partial charge is 0.497 e. The number of amides is 1. The number of aromatic nitrogens is 2. The van der Waals surface area contributed by atoms with Gasteiger partial charge in [0.25, 0.3) is 5.91 Å². The van der Waals surface area contributed by atoms with Crippen LogP contribution in [0.5, 0.6) is 5.75 Å². The van der Waals surface area contributed by atoms with Gasteiger partial charge in [-0.1, -0.05) is 0 Å². The lowest BCUT2D eigenvalue weighted by molar-refractivity contribution is 0.0947. The predicted molar refractivity (Wildman–Crippen MR) is 93.8 cm³/mol. The Hall–Kier alpha value is -2.67. The molecule has 1 aromatic heterocycles. The number of hydrogen-bond acceptors (Lipinski definition) is 6. The van der Waals surface area contributed by atoms with Gasteiger partial charge in [0.05, 0.1) is 7.11 Å². The maximum absolute atomic E-state index is 12.1. The average Bonchev–Trinajstić information content (AvgIpc) is 2.59. The number of hydrogen-bond donors (Lipinski definition) is 2. The molecule has 2 rings (SSSR count). The van der Waals surface area contributed by atoms with Crippen LogP contribution in [0.15, 0.2) is 36.7 Å². The van der Waals surface area contributed by atoms with E-state index in [2.05, 4.69) is 25.5 Å².